The van der Waals surface area contributed by atoms with Gasteiger partial charge in [0.05, 0.1) is 43.6 Å². The normalized spacial score (nSPS) is 19.6. The van der Waals surface area contributed by atoms with Gasteiger partial charge in [0.25, 0.3) is 0 Å². The van der Waals surface area contributed by atoms with E-state index in [2.05, 4.69) is 4.90 Å². The largest absolute Gasteiger partial charge is 0.550 e. The lowest BCUT2D eigenvalue weighted by Crippen LogP contribution is -3.14. The zero-order chi connectivity index (χ0) is 28.1. The fraction of sp³-hybridized carbons (Fsp3) is 0.600. The molecule has 38 heavy (non-hydrogen) atoms. The van der Waals surface area contributed by atoms with Crippen LogP contribution < -0.4 is 30.1 Å². The highest BCUT2D eigenvalue weighted by Gasteiger charge is 2.24. The van der Waals surface area contributed by atoms with Crippen LogP contribution in [0, 0.1) is 0 Å². The van der Waals surface area contributed by atoms with Gasteiger partial charge in [-0.3, -0.25) is 14.7 Å². The molecular formula is C25H35N4O9-3. The van der Waals surface area contributed by atoms with E-state index >= 15 is 0 Å². The van der Waals surface area contributed by atoms with E-state index in [1.54, 1.807) is 4.90 Å². The molecule has 1 aromatic carbocycles. The van der Waals surface area contributed by atoms with Gasteiger partial charge in [-0.2, -0.15) is 0 Å². The van der Waals surface area contributed by atoms with Gasteiger partial charge in [-0.15, -0.1) is 0 Å². The Morgan fingerprint density at radius 3 is 2.05 bits per heavy atom. The summed E-state index contributed by atoms with van der Waals surface area (Å²) in [5, 5.41) is 45.6. The summed E-state index contributed by atoms with van der Waals surface area (Å²) in [5.41, 5.74) is 0.999. The summed E-state index contributed by atoms with van der Waals surface area (Å²) in [4.78, 5) is 51.3. The molecule has 0 saturated carbocycles. The van der Waals surface area contributed by atoms with Crippen molar-refractivity contribution in [3.05, 3.63) is 29.8 Å². The highest BCUT2D eigenvalue weighted by Crippen LogP contribution is 2.14. The number of aliphatic carboxylic acids is 4. The first-order valence-corrected chi connectivity index (χ1v) is 12.6. The van der Waals surface area contributed by atoms with Gasteiger partial charge < -0.3 is 49.2 Å². The lowest BCUT2D eigenvalue weighted by Gasteiger charge is -2.37. The Hall–Kier alpha value is -3.26. The molecule has 0 bridgehead atoms. The predicted molar refractivity (Wildman–Crippen MR) is 125 cm³/mol. The summed E-state index contributed by atoms with van der Waals surface area (Å²) in [6.07, 6.45) is -0.811. The molecule has 1 aromatic rings. The third-order valence-corrected chi connectivity index (χ3v) is 6.43. The number of quaternary nitrogens is 1. The average Bonchev–Trinajstić information content (AvgIpc) is 2.83. The zero-order valence-corrected chi connectivity index (χ0v) is 21.6. The highest BCUT2D eigenvalue weighted by atomic mass is 16.5. The van der Waals surface area contributed by atoms with Gasteiger partial charge in [0, 0.05) is 64.7 Å². The molecule has 212 valence electrons. The maximum atomic E-state index is 11.7. The molecule has 13 heteroatoms. The van der Waals surface area contributed by atoms with Crippen molar-refractivity contribution in [1.82, 2.24) is 14.7 Å². The smallest absolute Gasteiger partial charge is 0.119 e. The van der Waals surface area contributed by atoms with Crippen molar-refractivity contribution in [2.75, 3.05) is 72.1 Å². The van der Waals surface area contributed by atoms with E-state index in [1.807, 2.05) is 31.2 Å². The second-order valence-corrected chi connectivity index (χ2v) is 9.25. The molecule has 0 radical (unpaired) electrons. The predicted octanol–water partition coefficient (Wildman–Crippen LogP) is -6.85. The quantitative estimate of drug-likeness (QED) is 0.267. The van der Waals surface area contributed by atoms with Crippen molar-refractivity contribution in [3.63, 3.8) is 0 Å². The van der Waals surface area contributed by atoms with Crippen molar-refractivity contribution in [3.8, 4) is 5.75 Å². The van der Waals surface area contributed by atoms with Crippen LogP contribution in [0.2, 0.25) is 0 Å². The molecule has 0 aliphatic carbocycles. The van der Waals surface area contributed by atoms with E-state index in [9.17, 15) is 39.6 Å². The van der Waals surface area contributed by atoms with Gasteiger partial charge >= 0.3 is 0 Å². The molecule has 2 rings (SSSR count). The first-order chi connectivity index (χ1) is 18.1. The summed E-state index contributed by atoms with van der Waals surface area (Å²) in [5.74, 6) is -4.98. The number of benzene rings is 1. The van der Waals surface area contributed by atoms with Crippen LogP contribution in [0.15, 0.2) is 24.3 Å². The number of nitrogens with one attached hydrogen (secondary N) is 1. The molecule has 1 saturated heterocycles. The topological polar surface area (TPSA) is 184 Å². The summed E-state index contributed by atoms with van der Waals surface area (Å²) < 4.78 is 5.48. The van der Waals surface area contributed by atoms with Crippen molar-refractivity contribution in [2.24, 2.45) is 0 Å². The van der Waals surface area contributed by atoms with Crippen LogP contribution in [0.3, 0.4) is 0 Å². The van der Waals surface area contributed by atoms with Crippen molar-refractivity contribution in [2.45, 2.75) is 25.9 Å². The van der Waals surface area contributed by atoms with Crippen molar-refractivity contribution >= 4 is 23.9 Å². The summed E-state index contributed by atoms with van der Waals surface area (Å²) >= 11 is 0. The molecule has 1 fully saturated rings. The first-order valence-electron chi connectivity index (χ1n) is 12.6. The van der Waals surface area contributed by atoms with Crippen LogP contribution >= 0.6 is 0 Å². The third kappa shape index (κ3) is 11.4. The zero-order valence-electron chi connectivity index (χ0n) is 21.6. The van der Waals surface area contributed by atoms with Crippen LogP contribution in [0.5, 0.6) is 5.75 Å². The van der Waals surface area contributed by atoms with Gasteiger partial charge in [0.15, 0.2) is 0 Å². The van der Waals surface area contributed by atoms with Gasteiger partial charge in [-0.05, 0) is 24.6 Å². The highest BCUT2D eigenvalue weighted by molar-refractivity contribution is 5.78. The molecule has 2 unspecified atom stereocenters. The Bertz CT molecular complexity index is 896. The molecule has 1 heterocycles. The van der Waals surface area contributed by atoms with Crippen LogP contribution in [-0.2, 0) is 25.7 Å². The van der Waals surface area contributed by atoms with Crippen LogP contribution in [0.4, 0.5) is 0 Å². The molecule has 0 spiro atoms. The Balaban J connectivity index is 2.24. The SMILES string of the molecule is CCOc1ccc(CN2CCN(CC(=O)[O-])CCN(C(CC(=O)[O-])C(=O)[O-])CC[NH+](CC(=O)[O-])CC2)cc1. The monoisotopic (exact) mass is 535 g/mol. The molecule has 2 atom stereocenters. The number of hydrogen-bond donors (Lipinski definition) is 1. The number of nitrogens with zero attached hydrogens (tertiary/aromatic N) is 3. The number of carbonyl (C=O) groups excluding carboxylic acids is 4. The number of carbonyl (C=O) groups is 4. The average molecular weight is 536 g/mol. The minimum atomic E-state index is -1.60. The Labute approximate surface area is 221 Å². The standard InChI is InChI=1S/C25H38N4O9/c1-2-38-20-5-3-19(4-6-20)16-26-7-9-27(17-23(32)33)11-13-29(21(25(36)37)15-22(30)31)14-12-28(10-8-26)18-24(34)35/h3-6,21H,2,7-18H2,1H3,(H,30,31)(H,32,33)(H,34,35)(H,36,37)/p-3. The molecule has 1 aliphatic heterocycles. The molecule has 0 aromatic heterocycles. The van der Waals surface area contributed by atoms with E-state index in [4.69, 9.17) is 4.74 Å². The second kappa shape index (κ2) is 15.9. The number of ether oxygens (including phenoxy) is 1. The van der Waals surface area contributed by atoms with E-state index < -0.39 is 36.3 Å². The van der Waals surface area contributed by atoms with E-state index in [0.717, 1.165) is 11.3 Å². The van der Waals surface area contributed by atoms with Crippen molar-refractivity contribution in [1.29, 1.82) is 0 Å². The maximum absolute atomic E-state index is 11.7. The van der Waals surface area contributed by atoms with Crippen LogP contribution in [0.1, 0.15) is 18.9 Å². The number of hydrogen-bond acceptors (Lipinski definition) is 12. The van der Waals surface area contributed by atoms with E-state index in [0.29, 0.717) is 44.2 Å². The number of carboxylic acid groups (broad SMARTS) is 4. The minimum Gasteiger partial charge on any atom is -0.550 e. The van der Waals surface area contributed by atoms with Gasteiger partial charge in [-0.25, -0.2) is 0 Å². The fourth-order valence-corrected chi connectivity index (χ4v) is 4.46. The fourth-order valence-electron chi connectivity index (χ4n) is 4.46. The molecular weight excluding hydrogens is 500 g/mol. The Morgan fingerprint density at radius 1 is 0.842 bits per heavy atom. The van der Waals surface area contributed by atoms with Crippen LogP contribution in [0.25, 0.3) is 0 Å². The Morgan fingerprint density at radius 2 is 1.47 bits per heavy atom. The van der Waals surface area contributed by atoms with Gasteiger partial charge in [0.1, 0.15) is 12.3 Å². The number of carboxylic acids is 4. The molecule has 0 amide bonds. The van der Waals surface area contributed by atoms with Crippen molar-refractivity contribution < 1.29 is 49.2 Å². The van der Waals surface area contributed by atoms with Crippen LogP contribution in [-0.4, -0.2) is 117 Å². The molecule has 1 N–H and O–H groups in total. The van der Waals surface area contributed by atoms with Gasteiger partial charge in [0.2, 0.25) is 0 Å². The van der Waals surface area contributed by atoms with Gasteiger partial charge in [-0.1, -0.05) is 12.1 Å². The van der Waals surface area contributed by atoms with E-state index in [-0.39, 0.29) is 39.3 Å². The lowest BCUT2D eigenvalue weighted by molar-refractivity contribution is -0.893. The Kier molecular flexibility index (Phi) is 12.9. The van der Waals surface area contributed by atoms with E-state index in [1.165, 1.54) is 4.90 Å². The molecule has 13 nitrogen and oxygen atoms in total. The number of rotatable bonds is 12. The minimum absolute atomic E-state index is 0.0245. The third-order valence-electron chi connectivity index (χ3n) is 6.43. The first kappa shape index (κ1) is 31.0. The molecule has 1 aliphatic rings. The summed E-state index contributed by atoms with van der Waals surface area (Å²) in [6.45, 7) is 4.29. The second-order valence-electron chi connectivity index (χ2n) is 9.25. The summed E-state index contributed by atoms with van der Waals surface area (Å²) in [7, 11) is 0. The lowest BCUT2D eigenvalue weighted by atomic mass is 10.1. The summed E-state index contributed by atoms with van der Waals surface area (Å²) in [6, 6.07) is 6.08. The maximum Gasteiger partial charge on any atom is 0.119 e.